The van der Waals surface area contributed by atoms with Gasteiger partial charge in [-0.05, 0) is 37.0 Å². The third-order valence-electron chi connectivity index (χ3n) is 3.78. The molecule has 1 aliphatic carbocycles. The fourth-order valence-electron chi connectivity index (χ4n) is 2.79. The number of hydrogen-bond donors (Lipinski definition) is 0. The summed E-state index contributed by atoms with van der Waals surface area (Å²) >= 11 is 0. The minimum atomic E-state index is -0.691. The molecule has 104 valence electrons. The van der Waals surface area contributed by atoms with Crippen LogP contribution in [0.3, 0.4) is 0 Å². The van der Waals surface area contributed by atoms with Crippen molar-refractivity contribution < 1.29 is 18.3 Å². The number of methoxy groups -OCH3 is 1. The Morgan fingerprint density at radius 2 is 1.95 bits per heavy atom. The summed E-state index contributed by atoms with van der Waals surface area (Å²) in [6, 6.07) is 2.94. The summed E-state index contributed by atoms with van der Waals surface area (Å²) in [7, 11) is 1.45. The Kier molecular flexibility index (Phi) is 4.64. The number of Topliss-reactive ketones (excluding diaryl/α,β-unsaturated/α-hetero) is 1. The van der Waals surface area contributed by atoms with E-state index in [-0.39, 0.29) is 11.5 Å². The van der Waals surface area contributed by atoms with Crippen LogP contribution >= 0.6 is 0 Å². The molecule has 0 aliphatic heterocycles. The van der Waals surface area contributed by atoms with Gasteiger partial charge in [-0.25, -0.2) is 8.78 Å². The normalized spacial score (nSPS) is 18.3. The van der Waals surface area contributed by atoms with Gasteiger partial charge in [0.15, 0.2) is 5.78 Å². The quantitative estimate of drug-likeness (QED) is 0.777. The summed E-state index contributed by atoms with van der Waals surface area (Å²) in [6.07, 6.45) is 4.42. The molecule has 0 N–H and O–H groups in total. The van der Waals surface area contributed by atoms with Gasteiger partial charge in [0.25, 0.3) is 0 Å². The Morgan fingerprint density at radius 1 is 1.26 bits per heavy atom. The van der Waals surface area contributed by atoms with E-state index in [2.05, 4.69) is 0 Å². The second-order valence-corrected chi connectivity index (χ2v) is 5.04. The molecule has 0 saturated heterocycles. The lowest BCUT2D eigenvalue weighted by Gasteiger charge is -2.28. The van der Waals surface area contributed by atoms with Crippen molar-refractivity contribution in [3.05, 3.63) is 35.4 Å². The molecule has 1 unspecified atom stereocenters. The Bertz CT molecular complexity index is 453. The fraction of sp³-hybridized carbons (Fsp3) is 0.533. The molecule has 0 aromatic heterocycles. The summed E-state index contributed by atoms with van der Waals surface area (Å²) in [4.78, 5) is 12.3. The van der Waals surface area contributed by atoms with E-state index in [4.69, 9.17) is 4.74 Å². The molecule has 1 atom stereocenters. The zero-order valence-electron chi connectivity index (χ0n) is 11.0. The molecule has 4 heteroatoms. The first-order chi connectivity index (χ1) is 9.13. The Balaban J connectivity index is 2.22. The highest BCUT2D eigenvalue weighted by molar-refractivity contribution is 5.99. The van der Waals surface area contributed by atoms with Crippen LogP contribution in [0.1, 0.15) is 42.5 Å². The van der Waals surface area contributed by atoms with Gasteiger partial charge >= 0.3 is 0 Å². The molecule has 0 spiro atoms. The third-order valence-corrected chi connectivity index (χ3v) is 3.78. The molecule has 1 aromatic carbocycles. The first kappa shape index (κ1) is 14.1. The van der Waals surface area contributed by atoms with Crippen molar-refractivity contribution in [1.29, 1.82) is 0 Å². The van der Waals surface area contributed by atoms with E-state index < -0.39 is 23.5 Å². The molecule has 2 rings (SSSR count). The topological polar surface area (TPSA) is 26.3 Å². The van der Waals surface area contributed by atoms with E-state index in [9.17, 15) is 13.6 Å². The summed E-state index contributed by atoms with van der Waals surface area (Å²) < 4.78 is 32.1. The molecule has 1 aromatic rings. The largest absolute Gasteiger partial charge is 0.373 e. The smallest absolute Gasteiger partial charge is 0.194 e. The Hall–Kier alpha value is -1.29. The van der Waals surface area contributed by atoms with Gasteiger partial charge in [0.1, 0.15) is 17.7 Å². The van der Waals surface area contributed by atoms with Crippen molar-refractivity contribution in [2.75, 3.05) is 7.11 Å². The van der Waals surface area contributed by atoms with Gasteiger partial charge in [-0.15, -0.1) is 0 Å². The van der Waals surface area contributed by atoms with E-state index >= 15 is 0 Å². The van der Waals surface area contributed by atoms with E-state index in [1.54, 1.807) is 0 Å². The zero-order chi connectivity index (χ0) is 13.8. The van der Waals surface area contributed by atoms with Gasteiger partial charge in [-0.3, -0.25) is 4.79 Å². The lowest BCUT2D eigenvalue weighted by Crippen LogP contribution is -2.33. The highest BCUT2D eigenvalue weighted by Crippen LogP contribution is 2.30. The second-order valence-electron chi connectivity index (χ2n) is 5.04. The van der Waals surface area contributed by atoms with E-state index in [1.165, 1.54) is 7.11 Å². The maximum Gasteiger partial charge on any atom is 0.194 e. The van der Waals surface area contributed by atoms with Crippen LogP contribution in [-0.2, 0) is 4.74 Å². The lowest BCUT2D eigenvalue weighted by molar-refractivity contribution is 0.0310. The van der Waals surface area contributed by atoms with Gasteiger partial charge in [0, 0.05) is 7.11 Å². The summed E-state index contributed by atoms with van der Waals surface area (Å²) in [6.45, 7) is 0. The van der Waals surface area contributed by atoms with Crippen LogP contribution in [0, 0.1) is 17.6 Å². The van der Waals surface area contributed by atoms with E-state index in [1.807, 2.05) is 0 Å². The molecule has 19 heavy (non-hydrogen) atoms. The van der Waals surface area contributed by atoms with E-state index in [0.717, 1.165) is 50.3 Å². The molecular formula is C15H18F2O2. The molecule has 0 radical (unpaired) electrons. The van der Waals surface area contributed by atoms with Gasteiger partial charge in [0.05, 0.1) is 5.56 Å². The molecule has 0 amide bonds. The number of hydrogen-bond acceptors (Lipinski definition) is 2. The zero-order valence-corrected chi connectivity index (χ0v) is 11.0. The van der Waals surface area contributed by atoms with Crippen LogP contribution in [0.5, 0.6) is 0 Å². The monoisotopic (exact) mass is 268 g/mol. The average Bonchev–Trinajstić information content (AvgIpc) is 2.43. The lowest BCUT2D eigenvalue weighted by atomic mass is 9.82. The van der Waals surface area contributed by atoms with Crippen LogP contribution in [0.2, 0.25) is 0 Å². The standard InChI is InChI=1S/C15H18F2O2/c1-19-15(10-5-3-2-4-6-10)14(18)12-9-11(16)7-8-13(12)17/h7-10,15H,2-6H2,1H3. The third kappa shape index (κ3) is 3.18. The average molecular weight is 268 g/mol. The van der Waals surface area contributed by atoms with Gasteiger partial charge in [0.2, 0.25) is 0 Å². The van der Waals surface area contributed by atoms with Gasteiger partial charge < -0.3 is 4.74 Å². The number of ether oxygens (including phenoxy) is 1. The van der Waals surface area contributed by atoms with Crippen molar-refractivity contribution in [2.24, 2.45) is 5.92 Å². The van der Waals surface area contributed by atoms with Crippen molar-refractivity contribution >= 4 is 5.78 Å². The van der Waals surface area contributed by atoms with Crippen LogP contribution in [-0.4, -0.2) is 19.0 Å². The fourth-order valence-corrected chi connectivity index (χ4v) is 2.79. The minimum Gasteiger partial charge on any atom is -0.373 e. The molecule has 1 saturated carbocycles. The van der Waals surface area contributed by atoms with Crippen molar-refractivity contribution in [3.8, 4) is 0 Å². The molecule has 0 bridgehead atoms. The number of halogens is 2. The molecule has 1 aliphatic rings. The number of benzene rings is 1. The van der Waals surface area contributed by atoms with Crippen LogP contribution < -0.4 is 0 Å². The van der Waals surface area contributed by atoms with E-state index in [0.29, 0.717) is 0 Å². The minimum absolute atomic E-state index is 0.105. The number of ketones is 1. The highest BCUT2D eigenvalue weighted by atomic mass is 19.1. The number of rotatable bonds is 4. The second kappa shape index (κ2) is 6.24. The van der Waals surface area contributed by atoms with Crippen LogP contribution in [0.4, 0.5) is 8.78 Å². The van der Waals surface area contributed by atoms with Gasteiger partial charge in [-0.1, -0.05) is 19.3 Å². The number of carbonyl (C=O) groups is 1. The summed E-state index contributed by atoms with van der Waals surface area (Å²) in [5, 5.41) is 0. The van der Waals surface area contributed by atoms with Crippen molar-refractivity contribution in [2.45, 2.75) is 38.2 Å². The molecular weight excluding hydrogens is 250 g/mol. The summed E-state index contributed by atoms with van der Waals surface area (Å²) in [5.41, 5.74) is -0.211. The number of carbonyl (C=O) groups excluding carboxylic acids is 1. The predicted octanol–water partition coefficient (Wildman–Crippen LogP) is 3.74. The maximum absolute atomic E-state index is 13.6. The first-order valence-electron chi connectivity index (χ1n) is 6.65. The SMILES string of the molecule is COC(C(=O)c1cc(F)ccc1F)C1CCCCC1. The molecule has 1 fully saturated rings. The molecule has 2 nitrogen and oxygen atoms in total. The summed E-state index contributed by atoms with van der Waals surface area (Å²) in [5.74, 6) is -1.65. The maximum atomic E-state index is 13.6. The predicted molar refractivity (Wildman–Crippen MR) is 68.1 cm³/mol. The van der Waals surface area contributed by atoms with Crippen molar-refractivity contribution in [3.63, 3.8) is 0 Å². The van der Waals surface area contributed by atoms with Crippen LogP contribution in [0.25, 0.3) is 0 Å². The van der Waals surface area contributed by atoms with Crippen LogP contribution in [0.15, 0.2) is 18.2 Å². The van der Waals surface area contributed by atoms with Gasteiger partial charge in [-0.2, -0.15) is 0 Å². The first-order valence-corrected chi connectivity index (χ1v) is 6.65. The Labute approximate surface area is 111 Å². The van der Waals surface area contributed by atoms with Crippen molar-refractivity contribution in [1.82, 2.24) is 0 Å². The highest BCUT2D eigenvalue weighted by Gasteiger charge is 2.31. The Morgan fingerprint density at radius 3 is 2.58 bits per heavy atom. The molecule has 0 heterocycles.